The number of ether oxygens (including phenoxy) is 4. The van der Waals surface area contributed by atoms with Crippen LogP contribution in [0, 0.1) is 22.7 Å². The first-order chi connectivity index (χ1) is 17.6. The first-order valence-corrected chi connectivity index (χ1v) is 12.7. The molecule has 0 amide bonds. The predicted octanol–water partition coefficient (Wildman–Crippen LogP) is 0.357. The van der Waals surface area contributed by atoms with Gasteiger partial charge in [0.05, 0.1) is 25.1 Å². The number of fused-ring (bicyclic) bond motifs is 2. The van der Waals surface area contributed by atoms with E-state index in [1.165, 1.54) is 6.26 Å². The van der Waals surface area contributed by atoms with E-state index in [-0.39, 0.29) is 11.9 Å². The zero-order valence-corrected chi connectivity index (χ0v) is 20.6. The van der Waals surface area contributed by atoms with Crippen LogP contribution in [-0.4, -0.2) is 81.4 Å². The molecule has 0 radical (unpaired) electrons. The summed E-state index contributed by atoms with van der Waals surface area (Å²) in [7, 11) is 0. The minimum Gasteiger partial charge on any atom is -0.472 e. The molecule has 2 aliphatic carbocycles. The molecule has 0 spiro atoms. The van der Waals surface area contributed by atoms with Crippen LogP contribution in [0.1, 0.15) is 44.8 Å². The molecule has 1 aromatic heterocycles. The molecule has 0 unspecified atom stereocenters. The van der Waals surface area contributed by atoms with Gasteiger partial charge in [-0.1, -0.05) is 13.8 Å². The Labute approximate surface area is 212 Å². The molecule has 4 aliphatic heterocycles. The van der Waals surface area contributed by atoms with Gasteiger partial charge < -0.3 is 43.8 Å². The molecule has 0 aromatic carbocycles. The van der Waals surface area contributed by atoms with Crippen LogP contribution < -0.4 is 0 Å². The molecule has 6 aliphatic rings. The van der Waals surface area contributed by atoms with Gasteiger partial charge in [0, 0.05) is 16.9 Å². The Morgan fingerprint density at radius 3 is 2.57 bits per heavy atom. The molecule has 3 saturated heterocycles. The number of furan rings is 1. The van der Waals surface area contributed by atoms with Crippen LogP contribution in [0.25, 0.3) is 0 Å². The summed E-state index contributed by atoms with van der Waals surface area (Å²) in [6.07, 6.45) is -0.916. The summed E-state index contributed by atoms with van der Waals surface area (Å²) in [5, 5.41) is 40.8. The van der Waals surface area contributed by atoms with E-state index in [0.717, 1.165) is 5.56 Å². The summed E-state index contributed by atoms with van der Waals surface area (Å²) >= 11 is 0. The Morgan fingerprint density at radius 2 is 1.89 bits per heavy atom. The lowest BCUT2D eigenvalue weighted by Crippen LogP contribution is -2.74. The van der Waals surface area contributed by atoms with E-state index in [9.17, 15) is 30.0 Å². The van der Waals surface area contributed by atoms with Crippen molar-refractivity contribution in [3.63, 3.8) is 0 Å². The van der Waals surface area contributed by atoms with Gasteiger partial charge in [0.25, 0.3) is 0 Å². The number of aliphatic hydroxyl groups excluding tert-OH is 4. The second kappa shape index (κ2) is 8.36. The van der Waals surface area contributed by atoms with E-state index in [4.69, 9.17) is 23.4 Å². The molecule has 1 saturated carbocycles. The maximum absolute atomic E-state index is 13.5. The van der Waals surface area contributed by atoms with Crippen molar-refractivity contribution in [3.8, 4) is 0 Å². The van der Waals surface area contributed by atoms with Crippen LogP contribution in [0.5, 0.6) is 0 Å². The Morgan fingerprint density at radius 1 is 1.11 bits per heavy atom. The highest BCUT2D eigenvalue weighted by molar-refractivity contribution is 5.87. The summed E-state index contributed by atoms with van der Waals surface area (Å²) in [4.78, 5) is 26.7. The topological polar surface area (TPSA) is 165 Å². The Kier molecular flexibility index (Phi) is 5.65. The second-order valence-corrected chi connectivity index (χ2v) is 11.5. The van der Waals surface area contributed by atoms with Crippen molar-refractivity contribution in [2.24, 2.45) is 22.7 Å². The molecule has 11 nitrogen and oxygen atoms in total. The standard InChI is InChI=1S/C26H32O11/c1-24-9-15(12-5-8-33-11-12)34-21(31)13(24)3-6-25(2)20(24)14-4-7-26(25,23(32)36-14)37-22-19(30)18(29)17(28)16(10-27)35-22/h4-5,7-8,11,13-20,22,27-30H,3,6,9-10H2,1-2H3/t13-,14-,15+,16-,17-,18+,19-,20+,22+,24+,25-,26+/m1/s1. The fraction of sp³-hybridized carbons (Fsp3) is 0.692. The highest BCUT2D eigenvalue weighted by Gasteiger charge is 2.74. The average Bonchev–Trinajstić information content (AvgIpc) is 3.40. The van der Waals surface area contributed by atoms with E-state index in [1.54, 1.807) is 24.5 Å². The molecule has 12 atom stereocenters. The minimum atomic E-state index is -1.69. The highest BCUT2D eigenvalue weighted by Crippen LogP contribution is 2.68. The first-order valence-electron chi connectivity index (χ1n) is 12.7. The molecule has 4 N–H and O–H groups in total. The van der Waals surface area contributed by atoms with Crippen LogP contribution in [0.15, 0.2) is 35.2 Å². The van der Waals surface area contributed by atoms with Crippen molar-refractivity contribution in [1.82, 2.24) is 0 Å². The molecule has 7 rings (SSSR count). The van der Waals surface area contributed by atoms with Gasteiger partial charge in [-0.15, -0.1) is 0 Å². The van der Waals surface area contributed by atoms with Crippen molar-refractivity contribution in [2.75, 3.05) is 6.61 Å². The lowest BCUT2D eigenvalue weighted by Gasteiger charge is -2.67. The van der Waals surface area contributed by atoms with Crippen LogP contribution in [0.2, 0.25) is 0 Å². The van der Waals surface area contributed by atoms with Crippen molar-refractivity contribution in [3.05, 3.63) is 36.3 Å². The summed E-state index contributed by atoms with van der Waals surface area (Å²) in [6.45, 7) is 3.32. The maximum Gasteiger partial charge on any atom is 0.343 e. The summed E-state index contributed by atoms with van der Waals surface area (Å²) < 4.78 is 28.7. The van der Waals surface area contributed by atoms with Gasteiger partial charge in [-0.2, -0.15) is 0 Å². The Bertz CT molecular complexity index is 1100. The fourth-order valence-electron chi connectivity index (χ4n) is 7.71. The van der Waals surface area contributed by atoms with Crippen molar-refractivity contribution in [1.29, 1.82) is 0 Å². The molecule has 2 bridgehead atoms. The molecule has 11 heteroatoms. The third kappa shape index (κ3) is 3.28. The number of rotatable bonds is 4. The highest BCUT2D eigenvalue weighted by atomic mass is 16.7. The van der Waals surface area contributed by atoms with Gasteiger partial charge in [-0.25, -0.2) is 4.79 Å². The zero-order valence-electron chi connectivity index (χ0n) is 20.6. The van der Waals surface area contributed by atoms with E-state index in [2.05, 4.69) is 0 Å². The first kappa shape index (κ1) is 25.0. The van der Waals surface area contributed by atoms with Crippen LogP contribution in [0.4, 0.5) is 0 Å². The SMILES string of the molecule is C[C@]12C[C@@H](c3ccoc3)OC(=O)[C@H]1CC[C@]1(C)[C@H]2[C@H]2C=C[C@]1(O[C@@H]1O[C@H](CO)[C@@H](O)[C@H](O)[C@H]1O)C(=O)O2. The number of aliphatic hydroxyl groups is 4. The van der Waals surface area contributed by atoms with Gasteiger partial charge in [-0.3, -0.25) is 4.79 Å². The quantitative estimate of drug-likeness (QED) is 0.320. The van der Waals surface area contributed by atoms with Crippen LogP contribution in [-0.2, 0) is 28.5 Å². The smallest absolute Gasteiger partial charge is 0.343 e. The third-order valence-electron chi connectivity index (χ3n) is 9.62. The van der Waals surface area contributed by atoms with E-state index >= 15 is 0 Å². The number of carbonyl (C=O) groups is 2. The van der Waals surface area contributed by atoms with Gasteiger partial charge in [0.15, 0.2) is 11.9 Å². The normalized spacial score (nSPS) is 50.7. The van der Waals surface area contributed by atoms with Crippen molar-refractivity contribution in [2.45, 2.75) is 81.6 Å². The Balaban J connectivity index is 1.38. The lowest BCUT2D eigenvalue weighted by atomic mass is 9.42. The molecule has 5 heterocycles. The number of hydrogen-bond donors (Lipinski definition) is 4. The second-order valence-electron chi connectivity index (χ2n) is 11.5. The van der Waals surface area contributed by atoms with Crippen molar-refractivity contribution < 1.29 is 53.4 Å². The van der Waals surface area contributed by atoms with Crippen LogP contribution in [0.3, 0.4) is 0 Å². The molecule has 4 fully saturated rings. The molecule has 37 heavy (non-hydrogen) atoms. The number of esters is 2. The fourth-order valence-corrected chi connectivity index (χ4v) is 7.71. The predicted molar refractivity (Wildman–Crippen MR) is 121 cm³/mol. The largest absolute Gasteiger partial charge is 0.472 e. The summed E-state index contributed by atoms with van der Waals surface area (Å²) in [5.74, 6) is -1.71. The van der Waals surface area contributed by atoms with Crippen molar-refractivity contribution >= 4 is 11.9 Å². The van der Waals surface area contributed by atoms with E-state index in [1.807, 2.05) is 13.8 Å². The molecule has 1 aromatic rings. The minimum absolute atomic E-state index is 0.303. The Hall–Kier alpha value is -2.28. The lowest BCUT2D eigenvalue weighted by molar-refractivity contribution is -0.350. The number of hydrogen-bond acceptors (Lipinski definition) is 11. The number of cyclic esters (lactones) is 1. The summed E-state index contributed by atoms with van der Waals surface area (Å²) in [5.41, 5.74) is -2.45. The molecular formula is C26H32O11. The van der Waals surface area contributed by atoms with Gasteiger partial charge in [0.2, 0.25) is 0 Å². The average molecular weight is 521 g/mol. The van der Waals surface area contributed by atoms with Gasteiger partial charge in [-0.05, 0) is 42.9 Å². The number of carbonyl (C=O) groups excluding carboxylic acids is 2. The molecular weight excluding hydrogens is 488 g/mol. The maximum atomic E-state index is 13.5. The van der Waals surface area contributed by atoms with E-state index < -0.39 is 77.8 Å². The summed E-state index contributed by atoms with van der Waals surface area (Å²) in [6, 6.07) is 1.76. The molecule has 202 valence electrons. The monoisotopic (exact) mass is 520 g/mol. The zero-order chi connectivity index (χ0) is 26.3. The van der Waals surface area contributed by atoms with Gasteiger partial charge >= 0.3 is 11.9 Å². The van der Waals surface area contributed by atoms with Crippen LogP contribution >= 0.6 is 0 Å². The van der Waals surface area contributed by atoms with E-state index in [0.29, 0.717) is 19.3 Å². The third-order valence-corrected chi connectivity index (χ3v) is 9.62. The van der Waals surface area contributed by atoms with Gasteiger partial charge in [0.1, 0.15) is 36.6 Å².